The van der Waals surface area contributed by atoms with Crippen molar-refractivity contribution in [2.24, 2.45) is 0 Å². The van der Waals surface area contributed by atoms with Crippen LogP contribution in [0.5, 0.6) is 0 Å². The molecule has 0 aliphatic carbocycles. The Bertz CT molecular complexity index is 249. The molecule has 15 heavy (non-hydrogen) atoms. The van der Waals surface area contributed by atoms with Crippen LogP contribution in [0.4, 0.5) is 0 Å². The molecule has 1 rings (SSSR count). The Balaban J connectivity index is 0. The fraction of sp³-hybridized carbons (Fsp3) is 0.273. The molecule has 0 unspecified atom stereocenters. The molecule has 0 aromatic heterocycles. The molecule has 0 aliphatic rings. The van der Waals surface area contributed by atoms with Gasteiger partial charge < -0.3 is 9.84 Å². The number of hydrogen-bond acceptors (Lipinski definition) is 2. The summed E-state index contributed by atoms with van der Waals surface area (Å²) in [4.78, 5) is 9.63. The Morgan fingerprint density at radius 1 is 1.40 bits per heavy atom. The largest absolute Gasteiger partial charge is 1.00 e. The van der Waals surface area contributed by atoms with Crippen LogP contribution in [0.25, 0.3) is 0 Å². The van der Waals surface area contributed by atoms with Gasteiger partial charge in [-0.1, -0.05) is 6.07 Å². The molecule has 1 N–H and O–H groups in total. The fourth-order valence-electron chi connectivity index (χ4n) is 0.667. The van der Waals surface area contributed by atoms with Crippen molar-refractivity contribution in [3.8, 4) is 0 Å². The first-order valence-corrected chi connectivity index (χ1v) is 4.33. The minimum absolute atomic E-state index is 0. The smallest absolute Gasteiger partial charge is 0.480 e. The van der Waals surface area contributed by atoms with E-state index in [2.05, 4.69) is 11.7 Å². The molecular formula is C11H15LiO3. The third kappa shape index (κ3) is 13.1. The Kier molecular flexibility index (Phi) is 12.3. The van der Waals surface area contributed by atoms with Crippen LogP contribution in [0.3, 0.4) is 0 Å². The molecule has 4 heteroatoms. The predicted octanol–water partition coefficient (Wildman–Crippen LogP) is -1.02. The van der Waals surface area contributed by atoms with Gasteiger partial charge in [0.05, 0.1) is 0 Å². The first kappa shape index (κ1) is 16.5. The summed E-state index contributed by atoms with van der Waals surface area (Å²) in [6, 6.07) is 9.87. The maximum Gasteiger partial charge on any atom is 1.00 e. The van der Waals surface area contributed by atoms with Gasteiger partial charge >= 0.3 is 24.8 Å². The molecule has 0 spiro atoms. The Hall–Kier alpha value is -0.883. The number of benzene rings is 1. The molecule has 0 heterocycles. The summed E-state index contributed by atoms with van der Waals surface area (Å²) in [5.74, 6) is -0.915. The molecule has 0 aliphatic heterocycles. The summed E-state index contributed by atoms with van der Waals surface area (Å²) in [5, 5.41) is 7.92. The van der Waals surface area contributed by atoms with Crippen LogP contribution in [0, 0.1) is 6.92 Å². The van der Waals surface area contributed by atoms with Crippen LogP contribution >= 0.6 is 0 Å². The van der Waals surface area contributed by atoms with E-state index in [1.165, 1.54) is 0 Å². The molecule has 3 nitrogen and oxygen atoms in total. The average molecular weight is 202 g/mol. The number of aliphatic carboxylic acids is 1. The van der Waals surface area contributed by atoms with Crippen LogP contribution in [-0.2, 0) is 9.53 Å². The van der Waals surface area contributed by atoms with E-state index in [1.54, 1.807) is 6.92 Å². The summed E-state index contributed by atoms with van der Waals surface area (Å²) in [7, 11) is 0. The number of carboxylic acids is 1. The second-order valence-corrected chi connectivity index (χ2v) is 2.52. The zero-order valence-electron chi connectivity index (χ0n) is 9.27. The molecule has 0 radical (unpaired) electrons. The standard InChI is InChI=1S/C7H7.C4H8O3.Li/c1-7-5-3-2-4-6-7;1-2-7-3-4(5)6;/h2-6H,1H2;2-3H2,1H3,(H,5,6);/q-1;;+1. The van der Waals surface area contributed by atoms with Crippen molar-refractivity contribution in [3.05, 3.63) is 42.8 Å². The van der Waals surface area contributed by atoms with Crippen LogP contribution in [0.1, 0.15) is 12.5 Å². The third-order valence-corrected chi connectivity index (χ3v) is 1.27. The minimum atomic E-state index is -0.915. The van der Waals surface area contributed by atoms with Gasteiger partial charge in [0, 0.05) is 6.61 Å². The fourth-order valence-corrected chi connectivity index (χ4v) is 0.667. The van der Waals surface area contributed by atoms with Gasteiger partial charge in [0.1, 0.15) is 6.61 Å². The van der Waals surface area contributed by atoms with E-state index in [-0.39, 0.29) is 25.5 Å². The predicted molar refractivity (Wildman–Crippen MR) is 55.0 cm³/mol. The van der Waals surface area contributed by atoms with Crippen LogP contribution in [-0.4, -0.2) is 24.3 Å². The summed E-state index contributed by atoms with van der Waals surface area (Å²) in [6.45, 7) is 5.75. The number of carbonyl (C=O) groups is 1. The molecule has 0 saturated carbocycles. The van der Waals surface area contributed by atoms with Gasteiger partial charge in [-0.05, 0) is 6.92 Å². The van der Waals surface area contributed by atoms with E-state index in [0.717, 1.165) is 5.56 Å². The average Bonchev–Trinajstić information content (AvgIpc) is 2.17. The van der Waals surface area contributed by atoms with Crippen LogP contribution < -0.4 is 18.9 Å². The first-order chi connectivity index (χ1) is 6.66. The monoisotopic (exact) mass is 202 g/mol. The van der Waals surface area contributed by atoms with Gasteiger partial charge in [-0.15, -0.1) is 12.1 Å². The zero-order valence-corrected chi connectivity index (χ0v) is 9.27. The zero-order chi connectivity index (χ0) is 10.8. The van der Waals surface area contributed by atoms with Crippen molar-refractivity contribution in [1.29, 1.82) is 0 Å². The molecule has 0 bridgehead atoms. The molecule has 1 aromatic rings. The van der Waals surface area contributed by atoms with Crippen molar-refractivity contribution >= 4 is 5.97 Å². The third-order valence-electron chi connectivity index (χ3n) is 1.27. The number of carboxylic acid groups (broad SMARTS) is 1. The molecule has 1 aromatic carbocycles. The second kappa shape index (κ2) is 11.2. The van der Waals surface area contributed by atoms with E-state index in [0.29, 0.717) is 6.61 Å². The summed E-state index contributed by atoms with van der Waals surface area (Å²) in [5.41, 5.74) is 1.07. The Morgan fingerprint density at radius 3 is 2.13 bits per heavy atom. The van der Waals surface area contributed by atoms with E-state index < -0.39 is 5.97 Å². The van der Waals surface area contributed by atoms with Gasteiger partial charge in [-0.25, -0.2) is 4.79 Å². The Morgan fingerprint density at radius 2 is 1.93 bits per heavy atom. The van der Waals surface area contributed by atoms with Gasteiger partial charge in [-0.3, -0.25) is 0 Å². The maximum absolute atomic E-state index is 9.63. The van der Waals surface area contributed by atoms with Gasteiger partial charge in [0.2, 0.25) is 0 Å². The van der Waals surface area contributed by atoms with Crippen LogP contribution in [0.2, 0.25) is 0 Å². The molecule has 78 valence electrons. The van der Waals surface area contributed by atoms with E-state index in [9.17, 15) is 4.79 Å². The minimum Gasteiger partial charge on any atom is -0.480 e. The van der Waals surface area contributed by atoms with Gasteiger partial charge in [0.25, 0.3) is 0 Å². The van der Waals surface area contributed by atoms with E-state index >= 15 is 0 Å². The summed E-state index contributed by atoms with van der Waals surface area (Å²) < 4.78 is 4.50. The quantitative estimate of drug-likeness (QED) is 0.504. The van der Waals surface area contributed by atoms with Gasteiger partial charge in [0.15, 0.2) is 0 Å². The topological polar surface area (TPSA) is 46.5 Å². The summed E-state index contributed by atoms with van der Waals surface area (Å²) in [6.07, 6.45) is 0. The maximum atomic E-state index is 9.63. The van der Waals surface area contributed by atoms with E-state index in [4.69, 9.17) is 5.11 Å². The van der Waals surface area contributed by atoms with E-state index in [1.807, 2.05) is 30.3 Å². The first-order valence-electron chi connectivity index (χ1n) is 4.33. The van der Waals surface area contributed by atoms with Crippen molar-refractivity contribution in [3.63, 3.8) is 0 Å². The van der Waals surface area contributed by atoms with Gasteiger partial charge in [-0.2, -0.15) is 24.6 Å². The molecule has 0 fully saturated rings. The SMILES string of the molecule is CCOCC(=O)O.[CH2-]c1ccccc1.[Li+]. The Labute approximate surface area is 103 Å². The summed E-state index contributed by atoms with van der Waals surface area (Å²) >= 11 is 0. The molecular weight excluding hydrogens is 187 g/mol. The molecule has 0 amide bonds. The van der Waals surface area contributed by atoms with Crippen molar-refractivity contribution in [1.82, 2.24) is 0 Å². The number of ether oxygens (including phenoxy) is 1. The van der Waals surface area contributed by atoms with Crippen LogP contribution in [0.15, 0.2) is 30.3 Å². The number of rotatable bonds is 3. The van der Waals surface area contributed by atoms with Crippen molar-refractivity contribution < 1.29 is 33.5 Å². The number of hydrogen-bond donors (Lipinski definition) is 1. The van der Waals surface area contributed by atoms with Crippen molar-refractivity contribution in [2.45, 2.75) is 6.92 Å². The second-order valence-electron chi connectivity index (χ2n) is 2.52. The molecule has 0 saturated heterocycles. The molecule has 0 atom stereocenters. The normalized spacial score (nSPS) is 8.07. The van der Waals surface area contributed by atoms with Crippen molar-refractivity contribution in [2.75, 3.05) is 13.2 Å².